The van der Waals surface area contributed by atoms with E-state index in [1.54, 1.807) is 25.4 Å². The van der Waals surface area contributed by atoms with E-state index in [1.165, 1.54) is 6.42 Å². The van der Waals surface area contributed by atoms with E-state index in [4.69, 9.17) is 4.74 Å². The second-order valence-corrected chi connectivity index (χ2v) is 5.19. The number of hydrogen-bond acceptors (Lipinski definition) is 5. The number of carbonyl (C=O) groups is 1. The van der Waals surface area contributed by atoms with Crippen LogP contribution in [0.3, 0.4) is 0 Å². The lowest BCUT2D eigenvalue weighted by atomic mass is 10.0. The van der Waals surface area contributed by atoms with Gasteiger partial charge in [-0.3, -0.25) is 9.69 Å². The SMILES string of the molecule is COC[C@H]1CCCN(CC(=O)Nc2cccnn2)CC1. The third-order valence-corrected chi connectivity index (χ3v) is 3.55. The van der Waals surface area contributed by atoms with Crippen molar-refractivity contribution in [2.45, 2.75) is 19.3 Å². The van der Waals surface area contributed by atoms with Crippen molar-refractivity contribution in [3.8, 4) is 0 Å². The predicted octanol–water partition coefficient (Wildman–Crippen LogP) is 1.16. The Kier molecular flexibility index (Phi) is 5.88. The summed E-state index contributed by atoms with van der Waals surface area (Å²) in [5.41, 5.74) is 0. The van der Waals surface area contributed by atoms with Crippen molar-refractivity contribution in [3.05, 3.63) is 18.3 Å². The van der Waals surface area contributed by atoms with Crippen LogP contribution in [0.1, 0.15) is 19.3 Å². The van der Waals surface area contributed by atoms with Crippen molar-refractivity contribution < 1.29 is 9.53 Å². The fourth-order valence-corrected chi connectivity index (χ4v) is 2.54. The van der Waals surface area contributed by atoms with Crippen LogP contribution < -0.4 is 5.32 Å². The number of hydrogen-bond donors (Lipinski definition) is 1. The molecule has 110 valence electrons. The molecule has 6 heteroatoms. The number of aromatic nitrogens is 2. The van der Waals surface area contributed by atoms with Crippen molar-refractivity contribution in [2.24, 2.45) is 5.92 Å². The molecule has 1 aromatic heterocycles. The lowest BCUT2D eigenvalue weighted by molar-refractivity contribution is -0.117. The molecule has 2 heterocycles. The van der Waals surface area contributed by atoms with Gasteiger partial charge in [0.05, 0.1) is 6.54 Å². The van der Waals surface area contributed by atoms with Crippen molar-refractivity contribution >= 4 is 11.7 Å². The second-order valence-electron chi connectivity index (χ2n) is 5.19. The smallest absolute Gasteiger partial charge is 0.239 e. The number of likely N-dealkylation sites (tertiary alicyclic amines) is 1. The van der Waals surface area contributed by atoms with E-state index in [1.807, 2.05) is 0 Å². The summed E-state index contributed by atoms with van der Waals surface area (Å²) in [5.74, 6) is 1.09. The standard InChI is InChI=1S/C14H22N4O2/c1-20-11-12-4-3-8-18(9-6-12)10-14(19)16-13-5-2-7-15-17-13/h2,5,7,12H,3-4,6,8-11H2,1H3,(H,16,17,19)/t12-/m0/s1. The van der Waals surface area contributed by atoms with Crippen LogP contribution in [0.5, 0.6) is 0 Å². The molecule has 0 aliphatic carbocycles. The molecular weight excluding hydrogens is 256 g/mol. The van der Waals surface area contributed by atoms with Crippen LogP contribution in [0.2, 0.25) is 0 Å². The van der Waals surface area contributed by atoms with Gasteiger partial charge in [0, 0.05) is 19.9 Å². The van der Waals surface area contributed by atoms with Crippen LogP contribution >= 0.6 is 0 Å². The van der Waals surface area contributed by atoms with Gasteiger partial charge >= 0.3 is 0 Å². The minimum Gasteiger partial charge on any atom is -0.384 e. The molecule has 2 rings (SSSR count). The quantitative estimate of drug-likeness (QED) is 0.875. The summed E-state index contributed by atoms with van der Waals surface area (Å²) in [6.07, 6.45) is 4.97. The first-order valence-electron chi connectivity index (χ1n) is 7.07. The Balaban J connectivity index is 1.77. The zero-order valence-corrected chi connectivity index (χ0v) is 11.9. The predicted molar refractivity (Wildman–Crippen MR) is 76.3 cm³/mol. The van der Waals surface area contributed by atoms with Crippen molar-refractivity contribution in [1.29, 1.82) is 0 Å². The van der Waals surface area contributed by atoms with Gasteiger partial charge in [0.2, 0.25) is 5.91 Å². The number of anilines is 1. The molecule has 0 unspecified atom stereocenters. The molecule has 1 saturated heterocycles. The second kappa shape index (κ2) is 7.91. The molecule has 6 nitrogen and oxygen atoms in total. The minimum atomic E-state index is -0.0318. The van der Waals surface area contributed by atoms with Gasteiger partial charge < -0.3 is 10.1 Å². The summed E-state index contributed by atoms with van der Waals surface area (Å²) in [6, 6.07) is 3.49. The Bertz CT molecular complexity index is 413. The molecule has 20 heavy (non-hydrogen) atoms. The highest BCUT2D eigenvalue weighted by Gasteiger charge is 2.18. The lowest BCUT2D eigenvalue weighted by Gasteiger charge is -2.19. The van der Waals surface area contributed by atoms with Crippen LogP contribution in [-0.4, -0.2) is 54.4 Å². The molecule has 1 N–H and O–H groups in total. The molecule has 1 aliphatic rings. The lowest BCUT2D eigenvalue weighted by Crippen LogP contribution is -2.34. The van der Waals surface area contributed by atoms with Gasteiger partial charge in [-0.25, -0.2) is 0 Å². The number of amides is 1. The van der Waals surface area contributed by atoms with E-state index in [2.05, 4.69) is 20.4 Å². The highest BCUT2D eigenvalue weighted by molar-refractivity contribution is 5.91. The molecule has 1 aliphatic heterocycles. The van der Waals surface area contributed by atoms with Gasteiger partial charge in [0.15, 0.2) is 5.82 Å². The van der Waals surface area contributed by atoms with Crippen molar-refractivity contribution in [2.75, 3.05) is 38.7 Å². The Morgan fingerprint density at radius 1 is 1.50 bits per heavy atom. The summed E-state index contributed by atoms with van der Waals surface area (Å²) in [4.78, 5) is 14.2. The molecule has 0 bridgehead atoms. The van der Waals surface area contributed by atoms with E-state index in [9.17, 15) is 4.79 Å². The normalized spacial score (nSPS) is 20.4. The Morgan fingerprint density at radius 3 is 3.15 bits per heavy atom. The third kappa shape index (κ3) is 4.86. The first kappa shape index (κ1) is 14.9. The topological polar surface area (TPSA) is 67.3 Å². The fourth-order valence-electron chi connectivity index (χ4n) is 2.54. The molecular formula is C14H22N4O2. The molecule has 0 saturated carbocycles. The largest absolute Gasteiger partial charge is 0.384 e. The monoisotopic (exact) mass is 278 g/mol. The van der Waals surface area contributed by atoms with Crippen LogP contribution in [0.15, 0.2) is 18.3 Å². The number of carbonyl (C=O) groups excluding carboxylic acids is 1. The zero-order valence-electron chi connectivity index (χ0n) is 11.9. The minimum absolute atomic E-state index is 0.0318. The van der Waals surface area contributed by atoms with E-state index >= 15 is 0 Å². The Labute approximate surface area is 119 Å². The maximum absolute atomic E-state index is 12.0. The van der Waals surface area contributed by atoms with E-state index < -0.39 is 0 Å². The molecule has 1 atom stereocenters. The first-order chi connectivity index (χ1) is 9.78. The Morgan fingerprint density at radius 2 is 2.40 bits per heavy atom. The number of nitrogens with zero attached hydrogens (tertiary/aromatic N) is 3. The average molecular weight is 278 g/mol. The zero-order chi connectivity index (χ0) is 14.2. The maximum atomic E-state index is 12.0. The summed E-state index contributed by atoms with van der Waals surface area (Å²) in [5, 5.41) is 10.4. The number of rotatable bonds is 5. The van der Waals surface area contributed by atoms with Gasteiger partial charge in [-0.05, 0) is 50.4 Å². The van der Waals surface area contributed by atoms with Crippen molar-refractivity contribution in [1.82, 2.24) is 15.1 Å². The van der Waals surface area contributed by atoms with Gasteiger partial charge in [-0.2, -0.15) is 5.10 Å². The van der Waals surface area contributed by atoms with Crippen LogP contribution in [0, 0.1) is 5.92 Å². The molecule has 1 amide bonds. The molecule has 0 spiro atoms. The fraction of sp³-hybridized carbons (Fsp3) is 0.643. The highest BCUT2D eigenvalue weighted by atomic mass is 16.5. The number of ether oxygens (including phenoxy) is 1. The molecule has 0 aromatic carbocycles. The summed E-state index contributed by atoms with van der Waals surface area (Å²) in [7, 11) is 1.75. The first-order valence-corrected chi connectivity index (χ1v) is 7.07. The van der Waals surface area contributed by atoms with Crippen molar-refractivity contribution in [3.63, 3.8) is 0 Å². The average Bonchev–Trinajstić information content (AvgIpc) is 2.66. The Hall–Kier alpha value is -1.53. The summed E-state index contributed by atoms with van der Waals surface area (Å²) < 4.78 is 5.22. The molecule has 1 fully saturated rings. The summed E-state index contributed by atoms with van der Waals surface area (Å²) >= 11 is 0. The maximum Gasteiger partial charge on any atom is 0.239 e. The molecule has 0 radical (unpaired) electrons. The molecule has 1 aromatic rings. The van der Waals surface area contributed by atoms with E-state index in [-0.39, 0.29) is 5.91 Å². The van der Waals surface area contributed by atoms with E-state index in [0.717, 1.165) is 32.5 Å². The van der Waals surface area contributed by atoms with Gasteiger partial charge in [-0.15, -0.1) is 5.10 Å². The van der Waals surface area contributed by atoms with Gasteiger partial charge in [0.25, 0.3) is 0 Å². The summed E-state index contributed by atoms with van der Waals surface area (Å²) in [6.45, 7) is 3.14. The van der Waals surface area contributed by atoms with Crippen LogP contribution in [0.4, 0.5) is 5.82 Å². The number of nitrogens with one attached hydrogen (secondary N) is 1. The third-order valence-electron chi connectivity index (χ3n) is 3.55. The highest BCUT2D eigenvalue weighted by Crippen LogP contribution is 2.17. The van der Waals surface area contributed by atoms with Gasteiger partial charge in [0.1, 0.15) is 0 Å². The van der Waals surface area contributed by atoms with Crippen LogP contribution in [-0.2, 0) is 9.53 Å². The van der Waals surface area contributed by atoms with Gasteiger partial charge in [-0.1, -0.05) is 0 Å². The van der Waals surface area contributed by atoms with E-state index in [0.29, 0.717) is 18.3 Å². The van der Waals surface area contributed by atoms with Crippen LogP contribution in [0.25, 0.3) is 0 Å². The number of methoxy groups -OCH3 is 1.